The lowest BCUT2D eigenvalue weighted by molar-refractivity contribution is -0.343. The predicted molar refractivity (Wildman–Crippen MR) is 231 cm³/mol. The molecular weight excluding hydrogens is 881 g/mol. The van der Waals surface area contributed by atoms with Gasteiger partial charge in [0.1, 0.15) is 73.2 Å². The molecule has 4 saturated heterocycles. The van der Waals surface area contributed by atoms with Crippen molar-refractivity contribution in [2.45, 2.75) is 216 Å². The highest BCUT2D eigenvalue weighted by atomic mass is 16.8. The van der Waals surface area contributed by atoms with Crippen LogP contribution in [0.4, 0.5) is 0 Å². The minimum atomic E-state index is -1.68. The zero-order valence-electron chi connectivity index (χ0n) is 39.6. The van der Waals surface area contributed by atoms with E-state index in [1.54, 1.807) is 0 Å². The van der Waals surface area contributed by atoms with Gasteiger partial charge >= 0.3 is 0 Å². The van der Waals surface area contributed by atoms with Crippen molar-refractivity contribution in [3.8, 4) is 0 Å². The Labute approximate surface area is 391 Å². The van der Waals surface area contributed by atoms with Crippen molar-refractivity contribution >= 4 is 0 Å². The van der Waals surface area contributed by atoms with E-state index in [0.29, 0.717) is 12.3 Å². The number of ether oxygens (including phenoxy) is 7. The zero-order chi connectivity index (χ0) is 48.5. The highest BCUT2D eigenvalue weighted by molar-refractivity contribution is 5.31. The minimum absolute atomic E-state index is 0.0124. The average molecular weight is 959 g/mol. The maximum Gasteiger partial charge on any atom is 0.189 e. The van der Waals surface area contributed by atoms with Crippen LogP contribution in [-0.4, -0.2) is 198 Å². The topological polar surface area (TPSA) is 307 Å². The van der Waals surface area contributed by atoms with E-state index in [0.717, 1.165) is 56.9 Å². The Morgan fingerprint density at radius 1 is 0.567 bits per heavy atom. The van der Waals surface area contributed by atoms with Crippen molar-refractivity contribution in [2.24, 2.45) is 50.7 Å². The van der Waals surface area contributed by atoms with Gasteiger partial charge in [-0.15, -0.1) is 0 Å². The van der Waals surface area contributed by atoms with Crippen LogP contribution in [0.15, 0.2) is 11.6 Å². The Hall–Kier alpha value is -1.02. The summed E-state index contributed by atoms with van der Waals surface area (Å²) >= 11 is 0. The molecule has 28 atom stereocenters. The molecule has 4 aliphatic heterocycles. The van der Waals surface area contributed by atoms with Gasteiger partial charge in [0.25, 0.3) is 0 Å². The molecule has 9 rings (SSSR count). The third kappa shape index (κ3) is 7.70. The molecular formula is C48H78O19. The molecule has 0 aromatic heterocycles. The van der Waals surface area contributed by atoms with Crippen molar-refractivity contribution < 1.29 is 94.4 Å². The largest absolute Gasteiger partial charge is 0.396 e. The maximum atomic E-state index is 12.1. The van der Waals surface area contributed by atoms with Crippen LogP contribution in [0.1, 0.15) is 99.3 Å². The molecule has 19 heteroatoms. The van der Waals surface area contributed by atoms with Crippen molar-refractivity contribution in [1.82, 2.24) is 0 Å². The first-order valence-electron chi connectivity index (χ1n) is 24.8. The number of aliphatic hydroxyl groups excluding tert-OH is 12. The van der Waals surface area contributed by atoms with Gasteiger partial charge < -0.3 is 94.4 Å². The molecule has 67 heavy (non-hydrogen) atoms. The highest BCUT2D eigenvalue weighted by Gasteiger charge is 2.83. The molecule has 4 heterocycles. The van der Waals surface area contributed by atoms with Gasteiger partial charge in [-0.1, -0.05) is 32.4 Å². The van der Waals surface area contributed by atoms with E-state index in [1.807, 2.05) is 26.8 Å². The van der Waals surface area contributed by atoms with Crippen molar-refractivity contribution in [1.29, 1.82) is 0 Å². The molecule has 0 amide bonds. The van der Waals surface area contributed by atoms with Gasteiger partial charge in [-0.25, -0.2) is 0 Å². The van der Waals surface area contributed by atoms with E-state index < -0.39 is 141 Å². The van der Waals surface area contributed by atoms with Crippen molar-refractivity contribution in [2.75, 3.05) is 19.8 Å². The summed E-state index contributed by atoms with van der Waals surface area (Å²) in [5, 5.41) is 129. The molecule has 0 bridgehead atoms. The van der Waals surface area contributed by atoms with Crippen molar-refractivity contribution in [3.05, 3.63) is 11.6 Å². The Bertz CT molecular complexity index is 1800. The van der Waals surface area contributed by atoms with E-state index in [1.165, 1.54) is 6.92 Å². The Kier molecular flexibility index (Phi) is 13.8. The standard InChI is InChI=1S/C48H78O19/c1-20(2)15-23-31(52)29(40(63-23)67-43-39(60)35(56)32(53)24(16-49)64-43)22-9-11-46(6)27-8-7-26-44(4,19-50)28(10-12-47(26)18-48(27,47)14-13-45(22,46)5)66-42-38(59)36(57)33(54)25(65-42)17-61-41-37(58)34(55)30(51)21(3)62-41/h15,21-43,49-60H,7-14,16-19H2,1-6H3/t21-,22+,23+,24+,25+,26-,27-,28-,29-,30-,31+,32+,33+,34+,35-,36-,37+,38+,39+,40?,41+,42-,43-,44+,45+,46-,47+,48-/m0/s1. The summed E-state index contributed by atoms with van der Waals surface area (Å²) in [7, 11) is 0. The Balaban J connectivity index is 0.911. The maximum absolute atomic E-state index is 12.1. The van der Waals surface area contributed by atoms with Gasteiger partial charge in [0.15, 0.2) is 25.2 Å². The van der Waals surface area contributed by atoms with Gasteiger partial charge in [-0.3, -0.25) is 0 Å². The lowest BCUT2D eigenvalue weighted by atomic mass is 9.41. The Morgan fingerprint density at radius 3 is 1.82 bits per heavy atom. The second kappa shape index (κ2) is 18.2. The van der Waals surface area contributed by atoms with Crippen LogP contribution >= 0.6 is 0 Å². The lowest BCUT2D eigenvalue weighted by Crippen LogP contribution is -2.63. The summed E-state index contributed by atoms with van der Waals surface area (Å²) in [5.74, 6) is -0.161. The third-order valence-corrected chi connectivity index (χ3v) is 19.9. The fourth-order valence-electron chi connectivity index (χ4n) is 16.0. The smallest absolute Gasteiger partial charge is 0.189 e. The van der Waals surface area contributed by atoms with Gasteiger partial charge in [0.05, 0.1) is 38.1 Å². The molecule has 12 N–H and O–H groups in total. The molecule has 384 valence electrons. The molecule has 0 aromatic carbocycles. The first-order chi connectivity index (χ1) is 31.5. The third-order valence-electron chi connectivity index (χ3n) is 19.9. The Morgan fingerprint density at radius 2 is 1.16 bits per heavy atom. The molecule has 0 radical (unpaired) electrons. The van der Waals surface area contributed by atoms with Crippen LogP contribution in [0.3, 0.4) is 0 Å². The number of hydrogen-bond donors (Lipinski definition) is 12. The van der Waals surface area contributed by atoms with E-state index in [4.69, 9.17) is 33.2 Å². The zero-order valence-corrected chi connectivity index (χ0v) is 39.6. The molecule has 19 nitrogen and oxygen atoms in total. The molecule has 1 unspecified atom stereocenters. The predicted octanol–water partition coefficient (Wildman–Crippen LogP) is -1.08. The summed E-state index contributed by atoms with van der Waals surface area (Å²) in [5.41, 5.74) is -0.258. The quantitative estimate of drug-likeness (QED) is 0.0866. The molecule has 5 aliphatic carbocycles. The highest BCUT2D eigenvalue weighted by Crippen LogP contribution is 2.89. The summed E-state index contributed by atoms with van der Waals surface area (Å²) in [6, 6.07) is 0. The summed E-state index contributed by atoms with van der Waals surface area (Å²) in [6.45, 7) is 11.0. The number of rotatable bonds is 11. The fraction of sp³-hybridized carbons (Fsp3) is 0.958. The van der Waals surface area contributed by atoms with Crippen LogP contribution < -0.4 is 0 Å². The molecule has 5 saturated carbocycles. The normalized spacial score (nSPS) is 58.3. The van der Waals surface area contributed by atoms with E-state index >= 15 is 0 Å². The monoisotopic (exact) mass is 959 g/mol. The molecule has 2 spiro atoms. The number of aliphatic hydroxyl groups is 12. The lowest BCUT2D eigenvalue weighted by Gasteiger charge is -2.64. The molecule has 0 aromatic rings. The average Bonchev–Trinajstić information content (AvgIpc) is 3.77. The van der Waals surface area contributed by atoms with Gasteiger partial charge in [-0.2, -0.15) is 0 Å². The van der Waals surface area contributed by atoms with Crippen LogP contribution in [-0.2, 0) is 33.2 Å². The SMILES string of the molecule is CC(C)=C[C@H]1OC(O[C@@H]2O[C@H](CO)[C@@H](O)[C@H](O)[C@H]2O)[C@@H]([C@H]2CC[C@@]3(C)[C@@H]4CC[C@H]5[C@@](C)(CO)[C@@H](O[C@@H]6O[C@H](CO[C@@H]7O[C@@H](C)[C@H](O)[C@@H](O)[C@H]7O)[C@@H](O)[C@H](O)[C@H]6O)CC[C@@]56C[C@@]46CC[C@]23C)[C@@H]1O. The molecule has 9 fully saturated rings. The van der Waals surface area contributed by atoms with E-state index in [9.17, 15) is 61.3 Å². The van der Waals surface area contributed by atoms with E-state index in [-0.39, 0.29) is 40.1 Å². The first-order valence-corrected chi connectivity index (χ1v) is 24.8. The number of fused-ring (bicyclic) bond motifs is 2. The summed E-state index contributed by atoms with van der Waals surface area (Å²) in [6.07, 6.45) is -15.3. The first kappa shape index (κ1) is 50.9. The molecule has 9 aliphatic rings. The number of allylic oxidation sites excluding steroid dienone is 1. The summed E-state index contributed by atoms with van der Waals surface area (Å²) in [4.78, 5) is 0. The van der Waals surface area contributed by atoms with Gasteiger partial charge in [0, 0.05) is 11.3 Å². The second-order valence-electron chi connectivity index (χ2n) is 23.1. The van der Waals surface area contributed by atoms with Crippen LogP contribution in [0.2, 0.25) is 0 Å². The van der Waals surface area contributed by atoms with Gasteiger partial charge in [-0.05, 0) is 118 Å². The van der Waals surface area contributed by atoms with Gasteiger partial charge in [0.2, 0.25) is 0 Å². The van der Waals surface area contributed by atoms with Crippen molar-refractivity contribution in [3.63, 3.8) is 0 Å². The van der Waals surface area contributed by atoms with E-state index in [2.05, 4.69) is 13.8 Å². The number of hydrogen-bond acceptors (Lipinski definition) is 19. The van der Waals surface area contributed by atoms with Crippen LogP contribution in [0.5, 0.6) is 0 Å². The minimum Gasteiger partial charge on any atom is -0.396 e. The van der Waals surface area contributed by atoms with Crippen LogP contribution in [0, 0.1) is 50.7 Å². The summed E-state index contributed by atoms with van der Waals surface area (Å²) < 4.78 is 42.5. The second-order valence-corrected chi connectivity index (χ2v) is 23.1. The fourth-order valence-corrected chi connectivity index (χ4v) is 16.0. The van der Waals surface area contributed by atoms with Crippen LogP contribution in [0.25, 0.3) is 0 Å².